The molecule has 10 heavy (non-hydrogen) atoms. The number of hydrogen-bond donors (Lipinski definition) is 2. The lowest BCUT2D eigenvalue weighted by atomic mass is 10.1. The first-order valence-corrected chi connectivity index (χ1v) is 3.32. The second-order valence-corrected chi connectivity index (χ2v) is 2.31. The molecule has 2 nitrogen and oxygen atoms in total. The molecule has 0 radical (unpaired) electrons. The molecule has 0 heterocycles. The van der Waals surface area contributed by atoms with Gasteiger partial charge >= 0.3 is 0 Å². The standard InChI is InChI=1S/C8H12N2/c1-7-4-2-3-5-8(7)6-10-9/h2-5,10H,6,9H2,1H3. The molecular formula is C8H12N2. The van der Waals surface area contributed by atoms with Crippen molar-refractivity contribution in [3.8, 4) is 0 Å². The molecule has 0 saturated heterocycles. The maximum Gasteiger partial charge on any atom is 0.0351 e. The van der Waals surface area contributed by atoms with Gasteiger partial charge in [0.2, 0.25) is 0 Å². The van der Waals surface area contributed by atoms with E-state index in [0.29, 0.717) is 0 Å². The lowest BCUT2D eigenvalue weighted by Gasteiger charge is -2.02. The quantitative estimate of drug-likeness (QED) is 0.469. The number of hydrogen-bond acceptors (Lipinski definition) is 2. The van der Waals surface area contributed by atoms with Gasteiger partial charge in [0.25, 0.3) is 0 Å². The van der Waals surface area contributed by atoms with Crippen molar-refractivity contribution in [3.05, 3.63) is 35.4 Å². The van der Waals surface area contributed by atoms with Gasteiger partial charge in [0.1, 0.15) is 0 Å². The van der Waals surface area contributed by atoms with Crippen LogP contribution in [0.25, 0.3) is 0 Å². The van der Waals surface area contributed by atoms with Gasteiger partial charge in [-0.05, 0) is 18.1 Å². The minimum Gasteiger partial charge on any atom is -0.271 e. The van der Waals surface area contributed by atoms with Crippen LogP contribution in [0.15, 0.2) is 24.3 Å². The van der Waals surface area contributed by atoms with Gasteiger partial charge in [0.05, 0.1) is 0 Å². The van der Waals surface area contributed by atoms with Gasteiger partial charge in [0.15, 0.2) is 0 Å². The Morgan fingerprint density at radius 1 is 1.40 bits per heavy atom. The molecular weight excluding hydrogens is 124 g/mol. The van der Waals surface area contributed by atoms with Gasteiger partial charge in [-0.3, -0.25) is 11.3 Å². The van der Waals surface area contributed by atoms with E-state index in [9.17, 15) is 0 Å². The second kappa shape index (κ2) is 3.34. The molecule has 1 aromatic rings. The first-order chi connectivity index (χ1) is 4.84. The fourth-order valence-corrected chi connectivity index (χ4v) is 0.918. The van der Waals surface area contributed by atoms with Gasteiger partial charge in [0, 0.05) is 6.54 Å². The predicted molar refractivity (Wildman–Crippen MR) is 42.2 cm³/mol. The summed E-state index contributed by atoms with van der Waals surface area (Å²) < 4.78 is 0. The van der Waals surface area contributed by atoms with Crippen molar-refractivity contribution >= 4 is 0 Å². The Morgan fingerprint density at radius 3 is 2.70 bits per heavy atom. The Labute approximate surface area is 61.0 Å². The second-order valence-electron chi connectivity index (χ2n) is 2.31. The number of nitrogens with one attached hydrogen (secondary N) is 1. The highest BCUT2D eigenvalue weighted by molar-refractivity contribution is 5.24. The molecule has 0 spiro atoms. The SMILES string of the molecule is Cc1ccccc1CNN. The summed E-state index contributed by atoms with van der Waals surface area (Å²) in [6.07, 6.45) is 0. The average molecular weight is 136 g/mol. The van der Waals surface area contributed by atoms with E-state index in [-0.39, 0.29) is 0 Å². The van der Waals surface area contributed by atoms with Gasteiger partial charge in [-0.2, -0.15) is 0 Å². The van der Waals surface area contributed by atoms with Crippen molar-refractivity contribution in [1.29, 1.82) is 0 Å². The minimum absolute atomic E-state index is 0.743. The molecule has 0 aromatic heterocycles. The van der Waals surface area contributed by atoms with Crippen molar-refractivity contribution < 1.29 is 0 Å². The predicted octanol–water partition coefficient (Wildman–Crippen LogP) is 0.958. The zero-order chi connectivity index (χ0) is 7.40. The normalized spacial score (nSPS) is 9.80. The Kier molecular flexibility index (Phi) is 2.42. The van der Waals surface area contributed by atoms with E-state index in [0.717, 1.165) is 6.54 Å². The molecule has 0 amide bonds. The van der Waals surface area contributed by atoms with E-state index in [4.69, 9.17) is 5.84 Å². The fourth-order valence-electron chi connectivity index (χ4n) is 0.918. The van der Waals surface area contributed by atoms with Gasteiger partial charge in [-0.15, -0.1) is 0 Å². The number of nitrogens with two attached hydrogens (primary N) is 1. The summed E-state index contributed by atoms with van der Waals surface area (Å²) in [5.41, 5.74) is 5.16. The summed E-state index contributed by atoms with van der Waals surface area (Å²) in [7, 11) is 0. The maximum atomic E-state index is 5.18. The molecule has 0 atom stereocenters. The monoisotopic (exact) mass is 136 g/mol. The highest BCUT2D eigenvalue weighted by Gasteiger charge is 1.92. The van der Waals surface area contributed by atoms with Crippen LogP contribution in [0.3, 0.4) is 0 Å². The van der Waals surface area contributed by atoms with Crippen molar-refractivity contribution in [2.24, 2.45) is 5.84 Å². The number of rotatable bonds is 2. The number of benzene rings is 1. The van der Waals surface area contributed by atoms with Crippen LogP contribution in [0.2, 0.25) is 0 Å². The van der Waals surface area contributed by atoms with Crippen LogP contribution in [-0.4, -0.2) is 0 Å². The fraction of sp³-hybridized carbons (Fsp3) is 0.250. The minimum atomic E-state index is 0.743. The molecule has 0 fully saturated rings. The Balaban J connectivity index is 2.81. The Bertz CT molecular complexity index is 208. The lowest BCUT2D eigenvalue weighted by molar-refractivity contribution is 0.737. The average Bonchev–Trinajstić information content (AvgIpc) is 1.94. The number of aryl methyl sites for hydroxylation is 1. The van der Waals surface area contributed by atoms with Gasteiger partial charge in [-0.1, -0.05) is 24.3 Å². The van der Waals surface area contributed by atoms with E-state index in [1.165, 1.54) is 11.1 Å². The molecule has 1 rings (SSSR count). The molecule has 2 heteroatoms. The zero-order valence-corrected chi connectivity index (χ0v) is 6.09. The van der Waals surface area contributed by atoms with E-state index in [1.54, 1.807) is 0 Å². The van der Waals surface area contributed by atoms with Crippen LogP contribution in [0, 0.1) is 6.92 Å². The molecule has 0 unspecified atom stereocenters. The first kappa shape index (κ1) is 7.25. The van der Waals surface area contributed by atoms with Crippen LogP contribution >= 0.6 is 0 Å². The van der Waals surface area contributed by atoms with Crippen LogP contribution in [-0.2, 0) is 6.54 Å². The van der Waals surface area contributed by atoms with Gasteiger partial charge < -0.3 is 0 Å². The van der Waals surface area contributed by atoms with Crippen LogP contribution in [0.1, 0.15) is 11.1 Å². The Hall–Kier alpha value is -0.860. The Morgan fingerprint density at radius 2 is 2.10 bits per heavy atom. The lowest BCUT2D eigenvalue weighted by Crippen LogP contribution is -2.21. The van der Waals surface area contributed by atoms with Crippen LogP contribution < -0.4 is 11.3 Å². The van der Waals surface area contributed by atoms with Crippen LogP contribution in [0.5, 0.6) is 0 Å². The van der Waals surface area contributed by atoms with Crippen molar-refractivity contribution in [2.75, 3.05) is 0 Å². The smallest absolute Gasteiger partial charge is 0.0351 e. The van der Waals surface area contributed by atoms with Gasteiger partial charge in [-0.25, -0.2) is 0 Å². The largest absolute Gasteiger partial charge is 0.271 e. The highest BCUT2D eigenvalue weighted by Crippen LogP contribution is 2.04. The van der Waals surface area contributed by atoms with Crippen molar-refractivity contribution in [2.45, 2.75) is 13.5 Å². The third kappa shape index (κ3) is 1.56. The van der Waals surface area contributed by atoms with E-state index in [1.807, 2.05) is 12.1 Å². The molecule has 0 saturated carbocycles. The first-order valence-electron chi connectivity index (χ1n) is 3.32. The molecule has 54 valence electrons. The van der Waals surface area contributed by atoms with E-state index < -0.39 is 0 Å². The summed E-state index contributed by atoms with van der Waals surface area (Å²) in [4.78, 5) is 0. The summed E-state index contributed by atoms with van der Waals surface area (Å²) in [5, 5.41) is 0. The molecule has 0 bridgehead atoms. The number of hydrazine groups is 1. The molecule has 3 N–H and O–H groups in total. The summed E-state index contributed by atoms with van der Waals surface area (Å²) in [5.74, 6) is 5.18. The maximum absolute atomic E-state index is 5.18. The third-order valence-electron chi connectivity index (χ3n) is 1.55. The topological polar surface area (TPSA) is 38.0 Å². The molecule has 0 aliphatic heterocycles. The third-order valence-corrected chi connectivity index (χ3v) is 1.55. The van der Waals surface area contributed by atoms with Crippen molar-refractivity contribution in [1.82, 2.24) is 5.43 Å². The molecule has 0 aliphatic rings. The zero-order valence-electron chi connectivity index (χ0n) is 6.09. The summed E-state index contributed by atoms with van der Waals surface area (Å²) in [6.45, 7) is 2.82. The summed E-state index contributed by atoms with van der Waals surface area (Å²) in [6, 6.07) is 8.18. The highest BCUT2D eigenvalue weighted by atomic mass is 15.2. The molecule has 1 aromatic carbocycles. The molecule has 0 aliphatic carbocycles. The van der Waals surface area contributed by atoms with E-state index in [2.05, 4.69) is 24.5 Å². The van der Waals surface area contributed by atoms with Crippen molar-refractivity contribution in [3.63, 3.8) is 0 Å². The summed E-state index contributed by atoms with van der Waals surface area (Å²) >= 11 is 0. The van der Waals surface area contributed by atoms with E-state index >= 15 is 0 Å². The van der Waals surface area contributed by atoms with Crippen LogP contribution in [0.4, 0.5) is 0 Å².